The van der Waals surface area contributed by atoms with Gasteiger partial charge in [-0.3, -0.25) is 5.10 Å². The molecule has 0 amide bonds. The highest BCUT2D eigenvalue weighted by molar-refractivity contribution is 7.89. The van der Waals surface area contributed by atoms with Gasteiger partial charge in [-0.05, 0) is 17.9 Å². The van der Waals surface area contributed by atoms with Crippen LogP contribution in [0, 0.1) is 0 Å². The quantitative estimate of drug-likeness (QED) is 0.913. The Morgan fingerprint density at radius 1 is 1.50 bits per heavy atom. The fourth-order valence-corrected chi connectivity index (χ4v) is 4.64. The van der Waals surface area contributed by atoms with E-state index in [2.05, 4.69) is 15.2 Å². The van der Waals surface area contributed by atoms with E-state index in [1.165, 1.54) is 22.0 Å². The van der Waals surface area contributed by atoms with Crippen LogP contribution in [0.4, 0.5) is 0 Å². The van der Waals surface area contributed by atoms with Gasteiger partial charge in [-0.2, -0.15) is 20.7 Å². The smallest absolute Gasteiger partial charge is 0.243 e. The van der Waals surface area contributed by atoms with Crippen LogP contribution in [0.2, 0.25) is 0 Å². The Morgan fingerprint density at radius 3 is 3.06 bits per heavy atom. The molecule has 3 rings (SSSR count). The second-order valence-electron chi connectivity index (χ2n) is 4.18. The molecule has 1 saturated heterocycles. The van der Waals surface area contributed by atoms with Crippen LogP contribution in [0.15, 0.2) is 28.0 Å². The summed E-state index contributed by atoms with van der Waals surface area (Å²) in [7, 11) is -3.34. The van der Waals surface area contributed by atoms with Crippen molar-refractivity contribution in [2.75, 3.05) is 13.1 Å². The number of H-pyrrole nitrogens is 1. The van der Waals surface area contributed by atoms with Crippen LogP contribution in [0.5, 0.6) is 0 Å². The highest BCUT2D eigenvalue weighted by Crippen LogP contribution is 2.29. The van der Waals surface area contributed by atoms with Crippen LogP contribution < -0.4 is 0 Å². The lowest BCUT2D eigenvalue weighted by molar-refractivity contribution is 0.471. The van der Waals surface area contributed by atoms with Crippen LogP contribution in [-0.2, 0) is 10.0 Å². The summed E-state index contributed by atoms with van der Waals surface area (Å²) in [5, 5.41) is 10.0. The molecular formula is C10H12N4O2S2. The molecule has 1 aliphatic rings. The molecule has 18 heavy (non-hydrogen) atoms. The molecule has 2 aromatic heterocycles. The lowest BCUT2D eigenvalue weighted by Crippen LogP contribution is -2.28. The molecular weight excluding hydrogens is 272 g/mol. The number of nitrogens with one attached hydrogen (secondary N) is 1. The minimum Gasteiger partial charge on any atom is -0.263 e. The van der Waals surface area contributed by atoms with Gasteiger partial charge in [-0.25, -0.2) is 13.4 Å². The monoisotopic (exact) mass is 284 g/mol. The van der Waals surface area contributed by atoms with Crippen molar-refractivity contribution < 1.29 is 8.42 Å². The summed E-state index contributed by atoms with van der Waals surface area (Å²) < 4.78 is 26.1. The van der Waals surface area contributed by atoms with Gasteiger partial charge in [-0.15, -0.1) is 0 Å². The third-order valence-corrected chi connectivity index (χ3v) is 5.80. The van der Waals surface area contributed by atoms with Crippen LogP contribution in [0.25, 0.3) is 0 Å². The molecule has 1 atom stereocenters. The van der Waals surface area contributed by atoms with Crippen LogP contribution in [0.1, 0.15) is 18.2 Å². The molecule has 1 aliphatic heterocycles. The van der Waals surface area contributed by atoms with Gasteiger partial charge in [0.2, 0.25) is 10.0 Å². The second kappa shape index (κ2) is 4.45. The van der Waals surface area contributed by atoms with Crippen LogP contribution in [-0.4, -0.2) is 41.0 Å². The highest BCUT2D eigenvalue weighted by Gasteiger charge is 2.34. The average molecular weight is 284 g/mol. The van der Waals surface area contributed by atoms with Gasteiger partial charge in [0.25, 0.3) is 0 Å². The minimum atomic E-state index is -3.34. The van der Waals surface area contributed by atoms with E-state index in [1.807, 2.05) is 0 Å². The van der Waals surface area contributed by atoms with Gasteiger partial charge >= 0.3 is 0 Å². The Kier molecular flexibility index (Phi) is 2.92. The zero-order valence-corrected chi connectivity index (χ0v) is 11.1. The van der Waals surface area contributed by atoms with Gasteiger partial charge < -0.3 is 0 Å². The summed E-state index contributed by atoms with van der Waals surface area (Å²) in [6.45, 7) is 0.997. The van der Waals surface area contributed by atoms with E-state index in [4.69, 9.17) is 0 Å². The first-order valence-corrected chi connectivity index (χ1v) is 7.94. The van der Waals surface area contributed by atoms with Gasteiger partial charge in [0.15, 0.2) is 0 Å². The third kappa shape index (κ3) is 1.96. The van der Waals surface area contributed by atoms with Crippen molar-refractivity contribution in [2.45, 2.75) is 17.2 Å². The number of hydrogen-bond acceptors (Lipinski definition) is 5. The summed E-state index contributed by atoms with van der Waals surface area (Å²) in [6, 6.07) is 1.64. The van der Waals surface area contributed by atoms with Crippen molar-refractivity contribution in [1.29, 1.82) is 0 Å². The molecule has 0 spiro atoms. The van der Waals surface area contributed by atoms with E-state index in [0.717, 1.165) is 12.2 Å². The van der Waals surface area contributed by atoms with Crippen molar-refractivity contribution in [3.05, 3.63) is 29.0 Å². The first-order valence-electron chi connectivity index (χ1n) is 5.55. The maximum Gasteiger partial charge on any atom is 0.243 e. The maximum absolute atomic E-state index is 12.3. The Labute approximate surface area is 109 Å². The summed E-state index contributed by atoms with van der Waals surface area (Å²) in [5.41, 5.74) is 0. The van der Waals surface area contributed by atoms with E-state index in [1.54, 1.807) is 16.8 Å². The minimum absolute atomic E-state index is 0.112. The molecule has 0 aliphatic carbocycles. The van der Waals surface area contributed by atoms with Gasteiger partial charge in [0, 0.05) is 24.4 Å². The first-order chi connectivity index (χ1) is 8.68. The van der Waals surface area contributed by atoms with E-state index in [-0.39, 0.29) is 5.92 Å². The van der Waals surface area contributed by atoms with Crippen molar-refractivity contribution in [3.63, 3.8) is 0 Å². The van der Waals surface area contributed by atoms with E-state index < -0.39 is 10.0 Å². The molecule has 0 saturated carbocycles. The van der Waals surface area contributed by atoms with Crippen LogP contribution >= 0.6 is 11.3 Å². The van der Waals surface area contributed by atoms with Crippen molar-refractivity contribution in [3.8, 4) is 0 Å². The molecule has 0 radical (unpaired) electrons. The summed E-state index contributed by atoms with van der Waals surface area (Å²) in [4.78, 5) is 4.47. The van der Waals surface area contributed by atoms with E-state index in [0.29, 0.717) is 18.0 Å². The number of aromatic nitrogens is 3. The topological polar surface area (TPSA) is 79.0 Å². The lowest BCUT2D eigenvalue weighted by atomic mass is 10.1. The second-order valence-corrected chi connectivity index (χ2v) is 6.90. The number of thiophene rings is 1. The SMILES string of the molecule is O=S(=O)(c1ccsc1)N1CC[C@H](c2ncn[nH]2)C1. The Hall–Kier alpha value is -1.25. The van der Waals surface area contributed by atoms with Crippen molar-refractivity contribution in [1.82, 2.24) is 19.5 Å². The predicted molar refractivity (Wildman–Crippen MR) is 66.8 cm³/mol. The standard InChI is InChI=1S/C10H12N4O2S2/c15-18(16,9-2-4-17-6-9)14-3-1-8(5-14)10-11-7-12-13-10/h2,4,6-8H,1,3,5H2,(H,11,12,13)/t8-/m0/s1. The predicted octanol–water partition coefficient (Wildman–Crippen LogP) is 1.04. The lowest BCUT2D eigenvalue weighted by Gasteiger charge is -2.14. The normalized spacial score (nSPS) is 21.4. The van der Waals surface area contributed by atoms with Crippen LogP contribution in [0.3, 0.4) is 0 Å². The van der Waals surface area contributed by atoms with Crippen molar-refractivity contribution >= 4 is 21.4 Å². The maximum atomic E-state index is 12.3. The largest absolute Gasteiger partial charge is 0.263 e. The molecule has 2 aromatic rings. The zero-order valence-electron chi connectivity index (χ0n) is 9.48. The van der Waals surface area contributed by atoms with Gasteiger partial charge in [-0.1, -0.05) is 0 Å². The first kappa shape index (κ1) is 11.8. The Morgan fingerprint density at radius 2 is 2.39 bits per heavy atom. The summed E-state index contributed by atoms with van der Waals surface area (Å²) in [6.07, 6.45) is 2.23. The molecule has 0 unspecified atom stereocenters. The fraction of sp³-hybridized carbons (Fsp3) is 0.400. The van der Waals surface area contributed by atoms with Gasteiger partial charge in [0.1, 0.15) is 12.2 Å². The molecule has 1 N–H and O–H groups in total. The number of rotatable bonds is 3. The van der Waals surface area contributed by atoms with E-state index in [9.17, 15) is 8.42 Å². The Balaban J connectivity index is 1.80. The molecule has 3 heterocycles. The van der Waals surface area contributed by atoms with Crippen molar-refractivity contribution in [2.24, 2.45) is 0 Å². The summed E-state index contributed by atoms with van der Waals surface area (Å²) >= 11 is 1.39. The molecule has 1 fully saturated rings. The Bertz CT molecular complexity index is 606. The number of hydrogen-bond donors (Lipinski definition) is 1. The number of sulfonamides is 1. The molecule has 8 heteroatoms. The molecule has 6 nitrogen and oxygen atoms in total. The molecule has 0 bridgehead atoms. The summed E-state index contributed by atoms with van der Waals surface area (Å²) in [5.74, 6) is 0.874. The zero-order chi connectivity index (χ0) is 12.6. The fourth-order valence-electron chi connectivity index (χ4n) is 2.13. The highest BCUT2D eigenvalue weighted by atomic mass is 32.2. The third-order valence-electron chi connectivity index (χ3n) is 3.10. The average Bonchev–Trinajstić information content (AvgIpc) is 3.12. The number of nitrogens with zero attached hydrogens (tertiary/aromatic N) is 3. The van der Waals surface area contributed by atoms with Gasteiger partial charge in [0.05, 0.1) is 4.90 Å². The molecule has 0 aromatic carbocycles. The number of aromatic amines is 1. The van der Waals surface area contributed by atoms with E-state index >= 15 is 0 Å². The molecule has 96 valence electrons.